The molecule has 1 aromatic carbocycles. The van der Waals surface area contributed by atoms with Crippen LogP contribution in [0.3, 0.4) is 0 Å². The predicted molar refractivity (Wildman–Crippen MR) is 100 cm³/mol. The van der Waals surface area contributed by atoms with Gasteiger partial charge in [0.25, 0.3) is 5.91 Å². The summed E-state index contributed by atoms with van der Waals surface area (Å²) in [6, 6.07) is 19.0. The monoisotopic (exact) mass is 340 g/mol. The van der Waals surface area contributed by atoms with E-state index in [2.05, 4.69) is 20.3 Å². The molecule has 0 unspecified atom stereocenters. The number of carbonyl (C=O) groups is 1. The molecule has 3 heterocycles. The maximum atomic E-state index is 12.5. The lowest BCUT2D eigenvalue weighted by molar-refractivity contribution is 0.0946. The Hall–Kier alpha value is -3.60. The van der Waals surface area contributed by atoms with Crippen molar-refractivity contribution in [2.24, 2.45) is 0 Å². The third kappa shape index (κ3) is 3.28. The molecular formula is C21H16N4O. The summed E-state index contributed by atoms with van der Waals surface area (Å²) in [5.41, 5.74) is 3.86. The van der Waals surface area contributed by atoms with Crippen LogP contribution in [-0.2, 0) is 6.54 Å². The van der Waals surface area contributed by atoms with Crippen LogP contribution in [0.25, 0.3) is 22.2 Å². The molecule has 1 N–H and O–H groups in total. The van der Waals surface area contributed by atoms with Gasteiger partial charge < -0.3 is 5.32 Å². The lowest BCUT2D eigenvalue weighted by Crippen LogP contribution is -2.24. The molecule has 0 saturated carbocycles. The molecule has 0 spiro atoms. The standard InChI is InChI=1S/C21H16N4O/c26-21(19-10-9-15-5-1-2-8-18(15)25-19)24-14-17-7-4-12-23-20(17)16-6-3-11-22-13-16/h1-13H,14H2,(H,24,26). The van der Waals surface area contributed by atoms with Gasteiger partial charge in [0.15, 0.2) is 0 Å². The van der Waals surface area contributed by atoms with Gasteiger partial charge in [0, 0.05) is 36.1 Å². The van der Waals surface area contributed by atoms with E-state index in [0.717, 1.165) is 27.7 Å². The van der Waals surface area contributed by atoms with Gasteiger partial charge in [-0.2, -0.15) is 0 Å². The number of carbonyl (C=O) groups excluding carboxylic acids is 1. The minimum absolute atomic E-state index is 0.211. The summed E-state index contributed by atoms with van der Waals surface area (Å²) >= 11 is 0. The highest BCUT2D eigenvalue weighted by molar-refractivity contribution is 5.94. The van der Waals surface area contributed by atoms with E-state index < -0.39 is 0 Å². The van der Waals surface area contributed by atoms with Crippen molar-refractivity contribution in [3.05, 3.63) is 90.5 Å². The van der Waals surface area contributed by atoms with Crippen molar-refractivity contribution < 1.29 is 4.79 Å². The number of nitrogens with zero attached hydrogens (tertiary/aromatic N) is 3. The molecule has 126 valence electrons. The molecule has 4 aromatic rings. The molecule has 5 nitrogen and oxygen atoms in total. The first kappa shape index (κ1) is 15.9. The lowest BCUT2D eigenvalue weighted by Gasteiger charge is -2.10. The summed E-state index contributed by atoms with van der Waals surface area (Å²) in [4.78, 5) is 25.5. The number of amides is 1. The van der Waals surface area contributed by atoms with Crippen LogP contribution < -0.4 is 5.32 Å². The Balaban J connectivity index is 1.54. The highest BCUT2D eigenvalue weighted by atomic mass is 16.1. The van der Waals surface area contributed by atoms with Crippen LogP contribution in [-0.4, -0.2) is 20.9 Å². The summed E-state index contributed by atoms with van der Waals surface area (Å²) in [5.74, 6) is -0.211. The molecule has 0 aliphatic rings. The van der Waals surface area contributed by atoms with E-state index >= 15 is 0 Å². The second-order valence-corrected chi connectivity index (χ2v) is 5.82. The number of para-hydroxylation sites is 1. The van der Waals surface area contributed by atoms with E-state index in [0.29, 0.717) is 12.2 Å². The van der Waals surface area contributed by atoms with E-state index in [-0.39, 0.29) is 5.91 Å². The Morgan fingerprint density at radius 1 is 0.923 bits per heavy atom. The Bertz CT molecular complexity index is 1060. The van der Waals surface area contributed by atoms with Gasteiger partial charge >= 0.3 is 0 Å². The minimum Gasteiger partial charge on any atom is -0.347 e. The molecule has 3 aromatic heterocycles. The Kier molecular flexibility index (Phi) is 4.35. The number of pyridine rings is 3. The van der Waals surface area contributed by atoms with Gasteiger partial charge in [-0.3, -0.25) is 14.8 Å². The van der Waals surface area contributed by atoms with E-state index in [1.165, 1.54) is 0 Å². The first-order valence-corrected chi connectivity index (χ1v) is 8.29. The molecule has 0 aliphatic heterocycles. The van der Waals surface area contributed by atoms with Crippen molar-refractivity contribution in [1.82, 2.24) is 20.3 Å². The number of fused-ring (bicyclic) bond motifs is 1. The topological polar surface area (TPSA) is 67.8 Å². The second-order valence-electron chi connectivity index (χ2n) is 5.82. The first-order chi connectivity index (χ1) is 12.8. The second kappa shape index (κ2) is 7.11. The summed E-state index contributed by atoms with van der Waals surface area (Å²) < 4.78 is 0. The molecule has 26 heavy (non-hydrogen) atoms. The fraction of sp³-hybridized carbons (Fsp3) is 0.0476. The van der Waals surface area contributed by atoms with Crippen LogP contribution >= 0.6 is 0 Å². The molecule has 0 saturated heterocycles. The molecule has 0 fully saturated rings. The highest BCUT2D eigenvalue weighted by Crippen LogP contribution is 2.20. The molecule has 0 bridgehead atoms. The number of rotatable bonds is 4. The van der Waals surface area contributed by atoms with E-state index in [4.69, 9.17) is 0 Å². The van der Waals surface area contributed by atoms with E-state index in [1.54, 1.807) is 24.7 Å². The Labute approximate surface area is 150 Å². The van der Waals surface area contributed by atoms with Crippen molar-refractivity contribution in [3.63, 3.8) is 0 Å². The predicted octanol–water partition coefficient (Wildman–Crippen LogP) is 3.62. The fourth-order valence-corrected chi connectivity index (χ4v) is 2.80. The minimum atomic E-state index is -0.211. The number of aromatic nitrogens is 3. The quantitative estimate of drug-likeness (QED) is 0.616. The van der Waals surface area contributed by atoms with Gasteiger partial charge in [0.05, 0.1) is 11.2 Å². The fourth-order valence-electron chi connectivity index (χ4n) is 2.80. The van der Waals surface area contributed by atoms with Crippen molar-refractivity contribution in [1.29, 1.82) is 0 Å². The number of hydrogen-bond donors (Lipinski definition) is 1. The SMILES string of the molecule is O=C(NCc1cccnc1-c1cccnc1)c1ccc2ccccc2n1. The largest absolute Gasteiger partial charge is 0.347 e. The van der Waals surface area contributed by atoms with Gasteiger partial charge in [-0.15, -0.1) is 0 Å². The van der Waals surface area contributed by atoms with Gasteiger partial charge in [0.1, 0.15) is 5.69 Å². The Morgan fingerprint density at radius 2 is 1.81 bits per heavy atom. The smallest absolute Gasteiger partial charge is 0.270 e. The van der Waals surface area contributed by atoms with Crippen LogP contribution in [0.4, 0.5) is 0 Å². The number of hydrogen-bond acceptors (Lipinski definition) is 4. The van der Waals surface area contributed by atoms with Gasteiger partial charge in [-0.1, -0.05) is 30.3 Å². The molecule has 0 atom stereocenters. The maximum Gasteiger partial charge on any atom is 0.270 e. The maximum absolute atomic E-state index is 12.5. The van der Waals surface area contributed by atoms with Gasteiger partial charge in [-0.05, 0) is 35.9 Å². The van der Waals surface area contributed by atoms with Crippen LogP contribution in [0.5, 0.6) is 0 Å². The van der Waals surface area contributed by atoms with Gasteiger partial charge in [-0.25, -0.2) is 4.98 Å². The van der Waals surface area contributed by atoms with Crippen LogP contribution in [0.1, 0.15) is 16.1 Å². The average Bonchev–Trinajstić information content (AvgIpc) is 2.72. The van der Waals surface area contributed by atoms with Crippen molar-refractivity contribution in [2.45, 2.75) is 6.54 Å². The van der Waals surface area contributed by atoms with Crippen molar-refractivity contribution >= 4 is 16.8 Å². The van der Waals surface area contributed by atoms with Crippen LogP contribution in [0.2, 0.25) is 0 Å². The summed E-state index contributed by atoms with van der Waals surface area (Å²) in [6.45, 7) is 0.366. The summed E-state index contributed by atoms with van der Waals surface area (Å²) in [5, 5.41) is 3.94. The number of nitrogens with one attached hydrogen (secondary N) is 1. The molecule has 1 amide bonds. The average molecular weight is 340 g/mol. The summed E-state index contributed by atoms with van der Waals surface area (Å²) in [7, 11) is 0. The third-order valence-electron chi connectivity index (χ3n) is 4.10. The van der Waals surface area contributed by atoms with Crippen molar-refractivity contribution in [3.8, 4) is 11.3 Å². The highest BCUT2D eigenvalue weighted by Gasteiger charge is 2.11. The molecular weight excluding hydrogens is 324 g/mol. The van der Waals surface area contributed by atoms with Gasteiger partial charge in [0.2, 0.25) is 0 Å². The summed E-state index contributed by atoms with van der Waals surface area (Å²) in [6.07, 6.45) is 5.22. The third-order valence-corrected chi connectivity index (χ3v) is 4.10. The molecule has 4 rings (SSSR count). The zero-order valence-electron chi connectivity index (χ0n) is 14.0. The molecule has 0 radical (unpaired) electrons. The van der Waals surface area contributed by atoms with E-state index in [1.807, 2.05) is 54.6 Å². The zero-order chi connectivity index (χ0) is 17.8. The molecule has 0 aliphatic carbocycles. The normalized spacial score (nSPS) is 10.6. The van der Waals surface area contributed by atoms with E-state index in [9.17, 15) is 4.79 Å². The van der Waals surface area contributed by atoms with Crippen molar-refractivity contribution in [2.75, 3.05) is 0 Å². The first-order valence-electron chi connectivity index (χ1n) is 8.29. The Morgan fingerprint density at radius 3 is 2.69 bits per heavy atom. The zero-order valence-corrected chi connectivity index (χ0v) is 14.0. The van der Waals surface area contributed by atoms with Crippen LogP contribution in [0.15, 0.2) is 79.3 Å². The molecule has 5 heteroatoms. The van der Waals surface area contributed by atoms with Crippen LogP contribution in [0, 0.1) is 0 Å². The lowest BCUT2D eigenvalue weighted by atomic mass is 10.1. The number of benzene rings is 1.